The van der Waals surface area contributed by atoms with Crippen LogP contribution in [0.3, 0.4) is 0 Å². The van der Waals surface area contributed by atoms with E-state index in [9.17, 15) is 19.7 Å². The lowest BCUT2D eigenvalue weighted by Gasteiger charge is -2.22. The normalized spacial score (nSPS) is 15.1. The number of carbonyl (C=O) groups is 2. The van der Waals surface area contributed by atoms with Gasteiger partial charge in [0.15, 0.2) is 17.4 Å². The van der Waals surface area contributed by atoms with Gasteiger partial charge in [-0.2, -0.15) is 0 Å². The fraction of sp³-hybridized carbons (Fsp3) is 0.579. The summed E-state index contributed by atoms with van der Waals surface area (Å²) in [4.78, 5) is 35.1. The molecule has 2 rings (SSSR count). The highest BCUT2D eigenvalue weighted by Crippen LogP contribution is 2.37. The first-order chi connectivity index (χ1) is 13.4. The van der Waals surface area contributed by atoms with Crippen molar-refractivity contribution in [3.8, 4) is 11.5 Å². The van der Waals surface area contributed by atoms with Gasteiger partial charge in [-0.3, -0.25) is 19.7 Å². The molecule has 28 heavy (non-hydrogen) atoms. The Morgan fingerprint density at radius 2 is 1.71 bits per heavy atom. The second-order valence-corrected chi connectivity index (χ2v) is 6.58. The number of nitrogens with zero attached hydrogens (tertiary/aromatic N) is 1. The Labute approximate surface area is 163 Å². The van der Waals surface area contributed by atoms with E-state index in [-0.39, 0.29) is 6.10 Å². The molecule has 154 valence electrons. The topological polar surface area (TPSA) is 114 Å². The Morgan fingerprint density at radius 3 is 2.21 bits per heavy atom. The van der Waals surface area contributed by atoms with Gasteiger partial charge >= 0.3 is 11.9 Å². The average molecular weight is 395 g/mol. The first-order valence-corrected chi connectivity index (χ1v) is 9.03. The Hall–Kier alpha value is -2.84. The molecule has 0 N–H and O–H groups in total. The second-order valence-electron chi connectivity index (χ2n) is 6.58. The summed E-state index contributed by atoms with van der Waals surface area (Å²) >= 11 is 0. The first-order valence-electron chi connectivity index (χ1n) is 9.03. The van der Waals surface area contributed by atoms with Crippen molar-refractivity contribution < 1.29 is 33.5 Å². The second kappa shape index (κ2) is 9.91. The van der Waals surface area contributed by atoms with Gasteiger partial charge in [0.2, 0.25) is 6.54 Å². The number of hydrogen-bond donors (Lipinski definition) is 0. The molecule has 1 aromatic carbocycles. The van der Waals surface area contributed by atoms with Gasteiger partial charge in [0.25, 0.3) is 0 Å². The SMILES string of the molecule is COC(=O)C(C(=O)OC)[C@H](C[N+](=O)[O-])c1ccc(OC)c(OC2CCCC2)c1. The Kier molecular flexibility index (Phi) is 7.60. The van der Waals surface area contributed by atoms with Crippen LogP contribution in [0.15, 0.2) is 18.2 Å². The molecule has 1 aliphatic rings. The van der Waals surface area contributed by atoms with Crippen molar-refractivity contribution in [3.05, 3.63) is 33.9 Å². The number of carbonyl (C=O) groups excluding carboxylic acids is 2. The van der Waals surface area contributed by atoms with Crippen molar-refractivity contribution in [1.82, 2.24) is 0 Å². The number of methoxy groups -OCH3 is 3. The van der Waals surface area contributed by atoms with E-state index in [1.807, 2.05) is 0 Å². The molecule has 0 heterocycles. The molecule has 0 bridgehead atoms. The van der Waals surface area contributed by atoms with E-state index >= 15 is 0 Å². The lowest BCUT2D eigenvalue weighted by molar-refractivity contribution is -0.484. The van der Waals surface area contributed by atoms with E-state index in [0.29, 0.717) is 17.1 Å². The maximum Gasteiger partial charge on any atom is 0.320 e. The van der Waals surface area contributed by atoms with Crippen LogP contribution in [0, 0.1) is 16.0 Å². The molecule has 1 aliphatic carbocycles. The largest absolute Gasteiger partial charge is 0.493 e. The molecule has 1 fully saturated rings. The van der Waals surface area contributed by atoms with Crippen LogP contribution in [0.4, 0.5) is 0 Å². The zero-order valence-electron chi connectivity index (χ0n) is 16.2. The van der Waals surface area contributed by atoms with Crippen LogP contribution >= 0.6 is 0 Å². The van der Waals surface area contributed by atoms with Crippen molar-refractivity contribution in [1.29, 1.82) is 0 Å². The molecule has 0 amide bonds. The highest BCUT2D eigenvalue weighted by atomic mass is 16.6. The zero-order valence-corrected chi connectivity index (χ0v) is 16.2. The Balaban J connectivity index is 2.44. The van der Waals surface area contributed by atoms with Crippen molar-refractivity contribution in [2.24, 2.45) is 5.92 Å². The summed E-state index contributed by atoms with van der Waals surface area (Å²) < 4.78 is 20.7. The van der Waals surface area contributed by atoms with Gasteiger partial charge in [0, 0.05) is 4.92 Å². The molecule has 0 saturated heterocycles. The molecule has 9 nitrogen and oxygen atoms in total. The number of rotatable bonds is 9. The molecule has 1 saturated carbocycles. The van der Waals surface area contributed by atoms with Crippen LogP contribution in [0.5, 0.6) is 11.5 Å². The minimum absolute atomic E-state index is 0.0372. The maximum atomic E-state index is 12.2. The standard InChI is InChI=1S/C19H25NO8/c1-25-15-9-8-12(10-16(15)28-13-6-4-5-7-13)14(11-20(23)24)17(18(21)26-2)19(22)27-3/h8-10,13-14,17H,4-7,11H2,1-3H3/t14-/m1/s1. The molecule has 0 spiro atoms. The monoisotopic (exact) mass is 395 g/mol. The number of hydrogen-bond acceptors (Lipinski definition) is 8. The van der Waals surface area contributed by atoms with E-state index < -0.39 is 35.2 Å². The minimum atomic E-state index is -1.46. The van der Waals surface area contributed by atoms with Crippen molar-refractivity contribution >= 4 is 11.9 Å². The van der Waals surface area contributed by atoms with Crippen LogP contribution in [0.1, 0.15) is 37.2 Å². The number of ether oxygens (including phenoxy) is 4. The molecule has 0 aliphatic heterocycles. The highest BCUT2D eigenvalue weighted by molar-refractivity contribution is 5.96. The summed E-state index contributed by atoms with van der Waals surface area (Å²) in [5.41, 5.74) is 0.395. The van der Waals surface area contributed by atoms with Crippen LogP contribution in [0.2, 0.25) is 0 Å². The van der Waals surface area contributed by atoms with Crippen molar-refractivity contribution in [2.45, 2.75) is 37.7 Å². The summed E-state index contributed by atoms with van der Waals surface area (Å²) in [6, 6.07) is 4.77. The fourth-order valence-electron chi connectivity index (χ4n) is 3.44. The predicted molar refractivity (Wildman–Crippen MR) is 98.0 cm³/mol. The molecule has 0 radical (unpaired) electrons. The minimum Gasteiger partial charge on any atom is -0.493 e. The van der Waals surface area contributed by atoms with Gasteiger partial charge in [-0.1, -0.05) is 6.07 Å². The van der Waals surface area contributed by atoms with E-state index in [2.05, 4.69) is 9.47 Å². The molecule has 1 aromatic rings. The molecule has 1 atom stereocenters. The zero-order chi connectivity index (χ0) is 20.7. The summed E-state index contributed by atoms with van der Waals surface area (Å²) in [5, 5.41) is 11.2. The number of esters is 2. The van der Waals surface area contributed by atoms with Crippen LogP contribution in [-0.2, 0) is 19.1 Å². The van der Waals surface area contributed by atoms with E-state index in [4.69, 9.17) is 9.47 Å². The maximum absolute atomic E-state index is 12.2. The fourth-order valence-corrected chi connectivity index (χ4v) is 3.44. The first kappa shape index (κ1) is 21.5. The van der Waals surface area contributed by atoms with Crippen molar-refractivity contribution in [3.63, 3.8) is 0 Å². The average Bonchev–Trinajstić information content (AvgIpc) is 3.19. The van der Waals surface area contributed by atoms with Crippen molar-refractivity contribution in [2.75, 3.05) is 27.9 Å². The molecule has 0 unspecified atom stereocenters. The summed E-state index contributed by atoms with van der Waals surface area (Å²) in [5.74, 6) is -3.43. The quantitative estimate of drug-likeness (QED) is 0.271. The van der Waals surface area contributed by atoms with Crippen LogP contribution in [0.25, 0.3) is 0 Å². The van der Waals surface area contributed by atoms with Crippen LogP contribution < -0.4 is 9.47 Å². The third kappa shape index (κ3) is 5.11. The molecule has 9 heteroatoms. The van der Waals surface area contributed by atoms with Gasteiger partial charge in [-0.05, 0) is 43.4 Å². The highest BCUT2D eigenvalue weighted by Gasteiger charge is 2.41. The predicted octanol–water partition coefficient (Wildman–Crippen LogP) is 2.34. The third-order valence-corrected chi connectivity index (χ3v) is 4.87. The van der Waals surface area contributed by atoms with Gasteiger partial charge in [0.1, 0.15) is 0 Å². The molecular weight excluding hydrogens is 370 g/mol. The van der Waals surface area contributed by atoms with E-state index in [0.717, 1.165) is 39.9 Å². The Morgan fingerprint density at radius 1 is 1.11 bits per heavy atom. The molecule has 0 aromatic heterocycles. The summed E-state index contributed by atoms with van der Waals surface area (Å²) in [6.07, 6.45) is 4.01. The lowest BCUT2D eigenvalue weighted by atomic mass is 9.85. The summed E-state index contributed by atoms with van der Waals surface area (Å²) in [7, 11) is 3.73. The molecular formula is C19H25NO8. The van der Waals surface area contributed by atoms with Gasteiger partial charge in [-0.25, -0.2) is 0 Å². The third-order valence-electron chi connectivity index (χ3n) is 4.87. The van der Waals surface area contributed by atoms with Crippen LogP contribution in [-0.4, -0.2) is 50.8 Å². The number of benzene rings is 1. The van der Waals surface area contributed by atoms with Gasteiger partial charge in [0.05, 0.1) is 33.4 Å². The van der Waals surface area contributed by atoms with Gasteiger partial charge in [-0.15, -0.1) is 0 Å². The smallest absolute Gasteiger partial charge is 0.320 e. The van der Waals surface area contributed by atoms with Gasteiger partial charge < -0.3 is 18.9 Å². The number of nitro groups is 1. The Bertz CT molecular complexity index is 698. The van der Waals surface area contributed by atoms with E-state index in [1.165, 1.54) is 7.11 Å². The van der Waals surface area contributed by atoms with E-state index in [1.54, 1.807) is 18.2 Å². The summed E-state index contributed by atoms with van der Waals surface area (Å²) in [6.45, 7) is -0.649. The lowest BCUT2D eigenvalue weighted by Crippen LogP contribution is -2.35.